The molecule has 0 bridgehead atoms. The number of benzene rings is 1. The zero-order valence-corrected chi connectivity index (χ0v) is 12.9. The van der Waals surface area contributed by atoms with Crippen molar-refractivity contribution in [3.8, 4) is 0 Å². The predicted molar refractivity (Wildman–Crippen MR) is 83.4 cm³/mol. The highest BCUT2D eigenvalue weighted by molar-refractivity contribution is 6.04. The van der Waals surface area contributed by atoms with Gasteiger partial charge >= 0.3 is 5.69 Å². The highest BCUT2D eigenvalue weighted by atomic mass is 19.1. The lowest BCUT2D eigenvalue weighted by molar-refractivity contribution is -0.385. The lowest BCUT2D eigenvalue weighted by Gasteiger charge is -2.01. The highest BCUT2D eigenvalue weighted by Gasteiger charge is 2.26. The number of carbonyl (C=O) groups excluding carboxylic acids is 1. The third kappa shape index (κ3) is 3.49. The standard InChI is InChI=1S/C14H12FN7O3/c1-21-12(10(7-16-21)22(24)25)13(23)18-14-17-11(19-20-14)6-8-2-4-9(15)5-3-8/h2-5,7H,6H2,1H3,(H2,17,18,19,20,23). The van der Waals surface area contributed by atoms with E-state index in [-0.39, 0.29) is 17.5 Å². The molecule has 1 amide bonds. The molecule has 0 radical (unpaired) electrons. The molecule has 11 heteroatoms. The Kier molecular flexibility index (Phi) is 4.20. The molecule has 3 rings (SSSR count). The molecule has 10 nitrogen and oxygen atoms in total. The van der Waals surface area contributed by atoms with E-state index in [1.807, 2.05) is 0 Å². The number of hydrogen-bond acceptors (Lipinski definition) is 6. The van der Waals surface area contributed by atoms with Gasteiger partial charge in [-0.1, -0.05) is 12.1 Å². The van der Waals surface area contributed by atoms with E-state index in [4.69, 9.17) is 0 Å². The van der Waals surface area contributed by atoms with Gasteiger partial charge in [-0.2, -0.15) is 10.1 Å². The molecule has 0 saturated carbocycles. The number of rotatable bonds is 5. The summed E-state index contributed by atoms with van der Waals surface area (Å²) in [6.45, 7) is 0. The third-order valence-electron chi connectivity index (χ3n) is 3.37. The van der Waals surface area contributed by atoms with E-state index < -0.39 is 16.5 Å². The predicted octanol–water partition coefficient (Wildman–Crippen LogP) is 1.43. The molecular formula is C14H12FN7O3. The van der Waals surface area contributed by atoms with Crippen LogP contribution in [0.5, 0.6) is 0 Å². The number of nitro groups is 1. The SMILES string of the molecule is Cn1ncc([N+](=O)[O-])c1C(=O)Nc1n[nH]c(Cc2ccc(F)cc2)n1. The van der Waals surface area contributed by atoms with Crippen molar-refractivity contribution in [1.29, 1.82) is 0 Å². The van der Waals surface area contributed by atoms with Crippen molar-refractivity contribution in [2.75, 3.05) is 5.32 Å². The van der Waals surface area contributed by atoms with Crippen LogP contribution in [0, 0.1) is 15.9 Å². The highest BCUT2D eigenvalue weighted by Crippen LogP contribution is 2.18. The van der Waals surface area contributed by atoms with E-state index in [1.54, 1.807) is 12.1 Å². The molecule has 0 aliphatic heterocycles. The maximum atomic E-state index is 12.9. The van der Waals surface area contributed by atoms with Gasteiger partial charge in [0.05, 0.1) is 4.92 Å². The lowest BCUT2D eigenvalue weighted by atomic mass is 10.1. The first-order valence-electron chi connectivity index (χ1n) is 7.07. The molecule has 25 heavy (non-hydrogen) atoms. The van der Waals surface area contributed by atoms with Crippen LogP contribution in [0.25, 0.3) is 0 Å². The average Bonchev–Trinajstić information content (AvgIpc) is 3.16. The Morgan fingerprint density at radius 3 is 2.80 bits per heavy atom. The summed E-state index contributed by atoms with van der Waals surface area (Å²) in [5, 5.41) is 23.5. The van der Waals surface area contributed by atoms with Crippen LogP contribution < -0.4 is 5.32 Å². The molecule has 0 atom stereocenters. The minimum absolute atomic E-state index is 0.0300. The molecule has 128 valence electrons. The van der Waals surface area contributed by atoms with Crippen LogP contribution in [-0.4, -0.2) is 35.8 Å². The van der Waals surface area contributed by atoms with Crippen LogP contribution in [0.4, 0.5) is 16.0 Å². The van der Waals surface area contributed by atoms with Crippen LogP contribution in [0.15, 0.2) is 30.5 Å². The van der Waals surface area contributed by atoms with Gasteiger partial charge < -0.3 is 0 Å². The Labute approximate surface area is 139 Å². The van der Waals surface area contributed by atoms with E-state index in [0.717, 1.165) is 16.4 Å². The molecule has 0 aliphatic rings. The molecule has 0 aliphatic carbocycles. The number of H-pyrrole nitrogens is 1. The Balaban J connectivity index is 1.73. The third-order valence-corrected chi connectivity index (χ3v) is 3.37. The fourth-order valence-electron chi connectivity index (χ4n) is 2.21. The number of nitrogens with one attached hydrogen (secondary N) is 2. The largest absolute Gasteiger partial charge is 0.320 e. The topological polar surface area (TPSA) is 132 Å². The van der Waals surface area contributed by atoms with Crippen molar-refractivity contribution in [1.82, 2.24) is 25.0 Å². The van der Waals surface area contributed by atoms with E-state index in [1.165, 1.54) is 19.2 Å². The summed E-state index contributed by atoms with van der Waals surface area (Å²) < 4.78 is 14.0. The number of amides is 1. The Morgan fingerprint density at radius 1 is 1.40 bits per heavy atom. The first-order valence-corrected chi connectivity index (χ1v) is 7.07. The van der Waals surface area contributed by atoms with E-state index in [0.29, 0.717) is 12.2 Å². The van der Waals surface area contributed by atoms with Crippen LogP contribution >= 0.6 is 0 Å². The van der Waals surface area contributed by atoms with Crippen molar-refractivity contribution < 1.29 is 14.1 Å². The first-order chi connectivity index (χ1) is 11.9. The van der Waals surface area contributed by atoms with Gasteiger partial charge in [0.25, 0.3) is 5.91 Å². The number of aromatic amines is 1. The number of halogens is 1. The van der Waals surface area contributed by atoms with Crippen molar-refractivity contribution in [2.24, 2.45) is 7.05 Å². The normalized spacial score (nSPS) is 10.6. The second-order valence-electron chi connectivity index (χ2n) is 5.12. The molecule has 0 fully saturated rings. The minimum Gasteiger partial charge on any atom is -0.288 e. The summed E-state index contributed by atoms with van der Waals surface area (Å²) in [6, 6.07) is 5.87. The Morgan fingerprint density at radius 2 is 2.12 bits per heavy atom. The van der Waals surface area contributed by atoms with Crippen molar-refractivity contribution in [3.05, 3.63) is 63.5 Å². The van der Waals surface area contributed by atoms with Crippen molar-refractivity contribution in [3.63, 3.8) is 0 Å². The van der Waals surface area contributed by atoms with Gasteiger partial charge in [-0.25, -0.2) is 4.39 Å². The zero-order valence-electron chi connectivity index (χ0n) is 12.9. The van der Waals surface area contributed by atoms with Gasteiger partial charge in [0.1, 0.15) is 17.8 Å². The minimum atomic E-state index is -0.751. The van der Waals surface area contributed by atoms with Gasteiger partial charge in [-0.05, 0) is 17.7 Å². The van der Waals surface area contributed by atoms with E-state index >= 15 is 0 Å². The second kappa shape index (κ2) is 6.47. The number of carbonyl (C=O) groups is 1. The van der Waals surface area contributed by atoms with Gasteiger partial charge in [-0.15, -0.1) is 5.10 Å². The number of hydrogen-bond donors (Lipinski definition) is 2. The quantitative estimate of drug-likeness (QED) is 0.531. The van der Waals surface area contributed by atoms with Gasteiger partial charge in [-0.3, -0.25) is 30.0 Å². The Hall–Kier alpha value is -3.63. The molecule has 1 aromatic carbocycles. The summed E-state index contributed by atoms with van der Waals surface area (Å²) >= 11 is 0. The zero-order chi connectivity index (χ0) is 18.0. The molecular weight excluding hydrogens is 333 g/mol. The monoisotopic (exact) mass is 345 g/mol. The smallest absolute Gasteiger partial charge is 0.288 e. The van der Waals surface area contributed by atoms with E-state index in [9.17, 15) is 19.3 Å². The molecule has 2 N–H and O–H groups in total. The number of aromatic nitrogens is 5. The average molecular weight is 345 g/mol. The van der Waals surface area contributed by atoms with E-state index in [2.05, 4.69) is 25.6 Å². The van der Waals surface area contributed by atoms with Gasteiger partial charge in [0.15, 0.2) is 0 Å². The van der Waals surface area contributed by atoms with Gasteiger partial charge in [0.2, 0.25) is 11.6 Å². The fourth-order valence-corrected chi connectivity index (χ4v) is 2.21. The number of anilines is 1. The van der Waals surface area contributed by atoms with Crippen molar-refractivity contribution >= 4 is 17.5 Å². The van der Waals surface area contributed by atoms with Crippen LogP contribution in [-0.2, 0) is 13.5 Å². The lowest BCUT2D eigenvalue weighted by Crippen LogP contribution is -2.18. The summed E-state index contributed by atoms with van der Waals surface area (Å²) in [5.74, 6) is -0.676. The summed E-state index contributed by atoms with van der Waals surface area (Å²) in [7, 11) is 1.42. The summed E-state index contributed by atoms with van der Waals surface area (Å²) in [5.41, 5.74) is 0.176. The fraction of sp³-hybridized carbons (Fsp3) is 0.143. The molecule has 0 spiro atoms. The second-order valence-corrected chi connectivity index (χ2v) is 5.12. The molecule has 3 aromatic rings. The maximum absolute atomic E-state index is 12.9. The molecule has 0 unspecified atom stereocenters. The Bertz CT molecular complexity index is 932. The maximum Gasteiger partial charge on any atom is 0.320 e. The number of nitrogens with zero attached hydrogens (tertiary/aromatic N) is 5. The summed E-state index contributed by atoms with van der Waals surface area (Å²) in [4.78, 5) is 26.5. The van der Waals surface area contributed by atoms with Crippen LogP contribution in [0.3, 0.4) is 0 Å². The van der Waals surface area contributed by atoms with Crippen molar-refractivity contribution in [2.45, 2.75) is 6.42 Å². The molecule has 2 heterocycles. The van der Waals surface area contributed by atoms with Crippen LogP contribution in [0.2, 0.25) is 0 Å². The number of aryl methyl sites for hydroxylation is 1. The molecule has 2 aromatic heterocycles. The van der Waals surface area contributed by atoms with Gasteiger partial charge in [0, 0.05) is 13.5 Å². The summed E-state index contributed by atoms with van der Waals surface area (Å²) in [6.07, 6.45) is 1.35. The first kappa shape index (κ1) is 16.2. The van der Waals surface area contributed by atoms with Crippen LogP contribution in [0.1, 0.15) is 21.9 Å². The molecule has 0 saturated heterocycles.